The molecule has 0 aliphatic carbocycles. The van der Waals surface area contributed by atoms with Gasteiger partial charge in [-0.1, -0.05) is 0 Å². The minimum atomic E-state index is 0.0329. The molecule has 14 heavy (non-hydrogen) atoms. The number of halogens is 1. The fourth-order valence-electron chi connectivity index (χ4n) is 1.15. The molecule has 0 aromatic carbocycles. The van der Waals surface area contributed by atoms with Crippen molar-refractivity contribution in [3.05, 3.63) is 28.5 Å². The lowest BCUT2D eigenvalue weighted by Gasteiger charge is -2.14. The molecule has 1 unspecified atom stereocenters. The Morgan fingerprint density at radius 1 is 1.50 bits per heavy atom. The van der Waals surface area contributed by atoms with Crippen molar-refractivity contribution in [2.24, 2.45) is 5.73 Å². The summed E-state index contributed by atoms with van der Waals surface area (Å²) in [5, 5.41) is 0. The summed E-state index contributed by atoms with van der Waals surface area (Å²) in [6, 6.07) is 3.97. The highest BCUT2D eigenvalue weighted by Crippen LogP contribution is 2.14. The first-order valence-corrected chi connectivity index (χ1v) is 5.40. The highest BCUT2D eigenvalue weighted by atomic mass is 79.9. The highest BCUT2D eigenvalue weighted by molar-refractivity contribution is 9.10. The molecule has 1 rings (SSSR count). The summed E-state index contributed by atoms with van der Waals surface area (Å²) in [6.07, 6.45) is 2.71. The van der Waals surface area contributed by atoms with Crippen LogP contribution in [0.4, 0.5) is 0 Å². The van der Waals surface area contributed by atoms with Gasteiger partial charge < -0.3 is 10.6 Å². The summed E-state index contributed by atoms with van der Waals surface area (Å²) in [4.78, 5) is 6.39. The lowest BCUT2D eigenvalue weighted by atomic mass is 10.1. The minimum absolute atomic E-state index is 0.0329. The first-order valence-electron chi connectivity index (χ1n) is 4.61. The molecule has 0 saturated heterocycles. The third-order valence-corrected chi connectivity index (χ3v) is 2.49. The smallest absolute Gasteiger partial charge is 0.0572 e. The molecule has 0 saturated carbocycles. The normalized spacial score (nSPS) is 13.2. The van der Waals surface area contributed by atoms with Crippen LogP contribution in [0, 0.1) is 0 Å². The van der Waals surface area contributed by atoms with E-state index in [4.69, 9.17) is 5.73 Å². The van der Waals surface area contributed by atoms with Crippen molar-refractivity contribution in [1.82, 2.24) is 9.88 Å². The van der Waals surface area contributed by atoms with Crippen LogP contribution in [0.3, 0.4) is 0 Å². The monoisotopic (exact) mass is 257 g/mol. The molecule has 1 atom stereocenters. The van der Waals surface area contributed by atoms with E-state index < -0.39 is 0 Å². The number of nitrogens with zero attached hydrogens (tertiary/aromatic N) is 2. The summed E-state index contributed by atoms with van der Waals surface area (Å²) in [6.45, 7) is 0.985. The molecule has 1 aromatic heterocycles. The second kappa shape index (κ2) is 5.44. The van der Waals surface area contributed by atoms with E-state index in [1.54, 1.807) is 6.20 Å². The zero-order valence-corrected chi connectivity index (χ0v) is 10.2. The maximum atomic E-state index is 5.99. The Hall–Kier alpha value is -0.450. The Morgan fingerprint density at radius 2 is 2.21 bits per heavy atom. The van der Waals surface area contributed by atoms with Gasteiger partial charge in [0.1, 0.15) is 0 Å². The van der Waals surface area contributed by atoms with E-state index in [0.29, 0.717) is 0 Å². The van der Waals surface area contributed by atoms with Gasteiger partial charge in [0.25, 0.3) is 0 Å². The zero-order valence-electron chi connectivity index (χ0n) is 8.57. The van der Waals surface area contributed by atoms with E-state index in [0.717, 1.165) is 23.1 Å². The maximum absolute atomic E-state index is 5.99. The molecule has 3 nitrogen and oxygen atoms in total. The fraction of sp³-hybridized carbons (Fsp3) is 0.500. The molecule has 1 aromatic rings. The van der Waals surface area contributed by atoms with Gasteiger partial charge in [0.15, 0.2) is 0 Å². The summed E-state index contributed by atoms with van der Waals surface area (Å²) in [7, 11) is 4.09. The van der Waals surface area contributed by atoms with Crippen LogP contribution in [0.15, 0.2) is 22.8 Å². The average molecular weight is 258 g/mol. The van der Waals surface area contributed by atoms with Gasteiger partial charge in [0.05, 0.1) is 5.69 Å². The third-order valence-electron chi connectivity index (χ3n) is 2.02. The Kier molecular flexibility index (Phi) is 4.51. The number of pyridine rings is 1. The van der Waals surface area contributed by atoms with Gasteiger partial charge >= 0.3 is 0 Å². The molecule has 0 aliphatic heterocycles. The van der Waals surface area contributed by atoms with E-state index in [1.165, 1.54) is 0 Å². The number of hydrogen-bond acceptors (Lipinski definition) is 3. The lowest BCUT2D eigenvalue weighted by molar-refractivity contribution is 0.381. The molecule has 4 heteroatoms. The molecule has 0 radical (unpaired) electrons. The van der Waals surface area contributed by atoms with Crippen molar-refractivity contribution < 1.29 is 0 Å². The summed E-state index contributed by atoms with van der Waals surface area (Å²) in [5.41, 5.74) is 6.94. The highest BCUT2D eigenvalue weighted by Gasteiger charge is 2.07. The molecule has 0 fully saturated rings. The summed E-state index contributed by atoms with van der Waals surface area (Å²) < 4.78 is 0.987. The molecular weight excluding hydrogens is 242 g/mol. The van der Waals surface area contributed by atoms with E-state index >= 15 is 0 Å². The van der Waals surface area contributed by atoms with Crippen LogP contribution in [0.1, 0.15) is 18.2 Å². The Bertz CT molecular complexity index is 271. The van der Waals surface area contributed by atoms with Crippen molar-refractivity contribution in [3.63, 3.8) is 0 Å². The lowest BCUT2D eigenvalue weighted by Crippen LogP contribution is -2.20. The van der Waals surface area contributed by atoms with E-state index in [-0.39, 0.29) is 6.04 Å². The molecular formula is C10H16BrN3. The van der Waals surface area contributed by atoms with Crippen molar-refractivity contribution in [2.45, 2.75) is 12.5 Å². The molecule has 78 valence electrons. The molecule has 1 heterocycles. The largest absolute Gasteiger partial charge is 0.323 e. The predicted octanol–water partition coefficient (Wildman–Crippen LogP) is 1.80. The first-order chi connectivity index (χ1) is 6.59. The van der Waals surface area contributed by atoms with Crippen molar-refractivity contribution in [2.75, 3.05) is 20.6 Å². The molecule has 0 amide bonds. The summed E-state index contributed by atoms with van der Waals surface area (Å²) >= 11 is 3.35. The van der Waals surface area contributed by atoms with E-state index in [1.807, 2.05) is 26.2 Å². The Labute approximate surface area is 93.4 Å². The topological polar surface area (TPSA) is 42.1 Å². The van der Waals surface area contributed by atoms with Gasteiger partial charge in [-0.3, -0.25) is 4.98 Å². The quantitative estimate of drug-likeness (QED) is 0.895. The molecule has 2 N–H and O–H groups in total. The van der Waals surface area contributed by atoms with Crippen LogP contribution in [-0.2, 0) is 0 Å². The second-order valence-corrected chi connectivity index (χ2v) is 4.52. The van der Waals surface area contributed by atoms with Gasteiger partial charge in [-0.25, -0.2) is 0 Å². The van der Waals surface area contributed by atoms with Crippen LogP contribution in [0.5, 0.6) is 0 Å². The standard InChI is InChI=1S/C10H16BrN3/c1-14(2)6-5-9(12)10-4-3-8(11)7-13-10/h3-4,7,9H,5-6,12H2,1-2H3. The third kappa shape index (κ3) is 3.74. The molecule has 0 spiro atoms. The van der Waals surface area contributed by atoms with Crippen LogP contribution < -0.4 is 5.73 Å². The Morgan fingerprint density at radius 3 is 2.71 bits per heavy atom. The van der Waals surface area contributed by atoms with Crippen LogP contribution >= 0.6 is 15.9 Å². The fourth-order valence-corrected chi connectivity index (χ4v) is 1.39. The zero-order chi connectivity index (χ0) is 10.6. The van der Waals surface area contributed by atoms with E-state index in [2.05, 4.69) is 25.8 Å². The van der Waals surface area contributed by atoms with Gasteiger partial charge in [-0.2, -0.15) is 0 Å². The Balaban J connectivity index is 2.52. The maximum Gasteiger partial charge on any atom is 0.0572 e. The van der Waals surface area contributed by atoms with E-state index in [9.17, 15) is 0 Å². The number of nitrogens with two attached hydrogens (primary N) is 1. The van der Waals surface area contributed by atoms with Gasteiger partial charge in [0, 0.05) is 16.7 Å². The van der Waals surface area contributed by atoms with Crippen LogP contribution in [0.2, 0.25) is 0 Å². The van der Waals surface area contributed by atoms with Gasteiger partial charge in [0.2, 0.25) is 0 Å². The van der Waals surface area contributed by atoms with Gasteiger partial charge in [-0.15, -0.1) is 0 Å². The number of hydrogen-bond donors (Lipinski definition) is 1. The number of rotatable bonds is 4. The summed E-state index contributed by atoms with van der Waals surface area (Å²) in [5.74, 6) is 0. The van der Waals surface area contributed by atoms with Crippen LogP contribution in [0.25, 0.3) is 0 Å². The van der Waals surface area contributed by atoms with Gasteiger partial charge in [-0.05, 0) is 55.1 Å². The molecule has 0 aliphatic rings. The number of aromatic nitrogens is 1. The van der Waals surface area contributed by atoms with Crippen molar-refractivity contribution in [3.8, 4) is 0 Å². The minimum Gasteiger partial charge on any atom is -0.323 e. The first kappa shape index (κ1) is 11.6. The van der Waals surface area contributed by atoms with Crippen LogP contribution in [-0.4, -0.2) is 30.5 Å². The van der Waals surface area contributed by atoms with Crippen molar-refractivity contribution >= 4 is 15.9 Å². The second-order valence-electron chi connectivity index (χ2n) is 3.60. The average Bonchev–Trinajstić information content (AvgIpc) is 2.15. The van der Waals surface area contributed by atoms with Crippen molar-refractivity contribution in [1.29, 1.82) is 0 Å². The molecule has 0 bridgehead atoms. The SMILES string of the molecule is CN(C)CCC(N)c1ccc(Br)cn1. The predicted molar refractivity (Wildman–Crippen MR) is 62.0 cm³/mol.